The molecule has 1 saturated heterocycles. The number of hydrogen-bond donors (Lipinski definition) is 1. The van der Waals surface area contributed by atoms with Crippen LogP contribution in [-0.2, 0) is 13.1 Å². The summed E-state index contributed by atoms with van der Waals surface area (Å²) in [7, 11) is 1.86. The van der Waals surface area contributed by atoms with Gasteiger partial charge in [-0.3, -0.25) is 14.6 Å². The van der Waals surface area contributed by atoms with Gasteiger partial charge < -0.3 is 10.2 Å². The lowest BCUT2D eigenvalue weighted by Gasteiger charge is -2.36. The van der Waals surface area contributed by atoms with Crippen molar-refractivity contribution in [1.29, 1.82) is 0 Å². The van der Waals surface area contributed by atoms with Crippen molar-refractivity contribution in [3.8, 4) is 0 Å². The third-order valence-corrected chi connectivity index (χ3v) is 5.09. The smallest absolute Gasteiger partial charge is 0.193 e. The average molecular weight is 474 g/mol. The van der Waals surface area contributed by atoms with E-state index in [9.17, 15) is 0 Å². The molecule has 3 heterocycles. The molecular weight excluding hydrogens is 447 g/mol. The lowest BCUT2D eigenvalue weighted by atomic mass is 10.3. The molecule has 0 atom stereocenters. The van der Waals surface area contributed by atoms with Crippen LogP contribution in [0.2, 0.25) is 0 Å². The molecule has 2 aromatic heterocycles. The topological polar surface area (TPSA) is 48.7 Å². The molecule has 0 amide bonds. The summed E-state index contributed by atoms with van der Waals surface area (Å²) >= 11 is 1.84. The molecule has 0 aliphatic carbocycles. The standard InChI is InChI=1S/C17H26N6S.HI/c1-15-12-20-23(13-15)6-5-19-17(18-2)22-9-7-21(8-10-22)14-16-4-3-11-24-16;/h3-4,11-13H,5-10,14H2,1-2H3,(H,18,19);1H. The van der Waals surface area contributed by atoms with Gasteiger partial charge in [0, 0.05) is 57.4 Å². The monoisotopic (exact) mass is 474 g/mol. The number of nitrogens with zero attached hydrogens (tertiary/aromatic N) is 5. The van der Waals surface area contributed by atoms with Crippen molar-refractivity contribution in [1.82, 2.24) is 24.9 Å². The maximum Gasteiger partial charge on any atom is 0.193 e. The third-order valence-electron chi connectivity index (χ3n) is 4.23. The second kappa shape index (κ2) is 10.1. The SMILES string of the molecule is CN=C(NCCn1cc(C)cn1)N1CCN(Cc2cccs2)CC1.I. The van der Waals surface area contributed by atoms with Crippen LogP contribution < -0.4 is 5.32 Å². The number of nitrogens with one attached hydrogen (secondary N) is 1. The van der Waals surface area contributed by atoms with Gasteiger partial charge in [0.2, 0.25) is 0 Å². The lowest BCUT2D eigenvalue weighted by molar-refractivity contribution is 0.173. The van der Waals surface area contributed by atoms with Gasteiger partial charge in [-0.05, 0) is 23.9 Å². The highest BCUT2D eigenvalue weighted by Crippen LogP contribution is 2.13. The predicted molar refractivity (Wildman–Crippen MR) is 115 cm³/mol. The molecule has 8 heteroatoms. The Labute approximate surface area is 170 Å². The first-order chi connectivity index (χ1) is 11.7. The molecule has 138 valence electrons. The van der Waals surface area contributed by atoms with Crippen LogP contribution in [0.1, 0.15) is 10.4 Å². The Balaban J connectivity index is 0.00000225. The van der Waals surface area contributed by atoms with E-state index < -0.39 is 0 Å². The van der Waals surface area contributed by atoms with Gasteiger partial charge in [0.1, 0.15) is 0 Å². The minimum Gasteiger partial charge on any atom is -0.354 e. The number of aliphatic imine (C=N–C) groups is 1. The zero-order valence-corrected chi connectivity index (χ0v) is 18.0. The minimum atomic E-state index is 0. The molecule has 1 fully saturated rings. The number of guanidine groups is 1. The van der Waals surface area contributed by atoms with Crippen molar-refractivity contribution >= 4 is 41.3 Å². The summed E-state index contributed by atoms with van der Waals surface area (Å²) in [5, 5.41) is 9.92. The molecule has 0 bridgehead atoms. The van der Waals surface area contributed by atoms with Crippen LogP contribution in [0.5, 0.6) is 0 Å². The molecule has 25 heavy (non-hydrogen) atoms. The zero-order valence-electron chi connectivity index (χ0n) is 14.9. The predicted octanol–water partition coefficient (Wildman–Crippen LogP) is 2.26. The molecular formula is C17H27IN6S. The normalized spacial score (nSPS) is 15.9. The number of hydrogen-bond acceptors (Lipinski definition) is 4. The van der Waals surface area contributed by atoms with Crippen molar-refractivity contribution in [2.24, 2.45) is 4.99 Å². The van der Waals surface area contributed by atoms with Crippen molar-refractivity contribution in [3.05, 3.63) is 40.3 Å². The highest BCUT2D eigenvalue weighted by atomic mass is 127. The highest BCUT2D eigenvalue weighted by Gasteiger charge is 2.19. The first-order valence-electron chi connectivity index (χ1n) is 8.44. The van der Waals surface area contributed by atoms with Crippen LogP contribution in [0.3, 0.4) is 0 Å². The van der Waals surface area contributed by atoms with E-state index in [0.29, 0.717) is 0 Å². The summed E-state index contributed by atoms with van der Waals surface area (Å²) in [5.74, 6) is 0.995. The number of rotatable bonds is 5. The number of thiophene rings is 1. The Hall–Kier alpha value is -1.13. The van der Waals surface area contributed by atoms with E-state index >= 15 is 0 Å². The average Bonchev–Trinajstić information content (AvgIpc) is 3.24. The summed E-state index contributed by atoms with van der Waals surface area (Å²) in [5.41, 5.74) is 1.20. The van der Waals surface area contributed by atoms with Gasteiger partial charge in [0.25, 0.3) is 0 Å². The fourth-order valence-corrected chi connectivity index (χ4v) is 3.69. The molecule has 0 aromatic carbocycles. The van der Waals surface area contributed by atoms with Gasteiger partial charge in [0.05, 0.1) is 12.7 Å². The molecule has 2 aromatic rings. The number of halogens is 1. The van der Waals surface area contributed by atoms with E-state index in [0.717, 1.165) is 51.8 Å². The van der Waals surface area contributed by atoms with Gasteiger partial charge in [0.15, 0.2) is 5.96 Å². The number of aryl methyl sites for hydroxylation is 1. The Morgan fingerprint density at radius 1 is 1.32 bits per heavy atom. The van der Waals surface area contributed by atoms with Gasteiger partial charge in [-0.1, -0.05) is 6.07 Å². The number of aromatic nitrogens is 2. The first-order valence-corrected chi connectivity index (χ1v) is 9.32. The van der Waals surface area contributed by atoms with E-state index in [1.54, 1.807) is 0 Å². The van der Waals surface area contributed by atoms with Crippen LogP contribution in [0.25, 0.3) is 0 Å². The van der Waals surface area contributed by atoms with Crippen molar-refractivity contribution in [2.45, 2.75) is 20.0 Å². The Bertz CT molecular complexity index is 646. The van der Waals surface area contributed by atoms with E-state index in [-0.39, 0.29) is 24.0 Å². The molecule has 3 rings (SSSR count). The highest BCUT2D eigenvalue weighted by molar-refractivity contribution is 14.0. The van der Waals surface area contributed by atoms with E-state index in [4.69, 9.17) is 0 Å². The molecule has 1 aliphatic rings. The van der Waals surface area contributed by atoms with Crippen LogP contribution >= 0.6 is 35.3 Å². The van der Waals surface area contributed by atoms with Gasteiger partial charge >= 0.3 is 0 Å². The van der Waals surface area contributed by atoms with Crippen LogP contribution in [0.15, 0.2) is 34.9 Å². The van der Waals surface area contributed by atoms with Crippen molar-refractivity contribution < 1.29 is 0 Å². The van der Waals surface area contributed by atoms with E-state index in [1.807, 2.05) is 29.3 Å². The Kier molecular flexibility index (Phi) is 8.17. The maximum atomic E-state index is 4.43. The molecule has 0 spiro atoms. The van der Waals surface area contributed by atoms with Crippen LogP contribution in [-0.4, -0.2) is 65.3 Å². The summed E-state index contributed by atoms with van der Waals surface area (Å²) in [6.07, 6.45) is 3.95. The first kappa shape index (κ1) is 20.2. The van der Waals surface area contributed by atoms with Gasteiger partial charge in [-0.25, -0.2) is 0 Å². The van der Waals surface area contributed by atoms with Crippen LogP contribution in [0.4, 0.5) is 0 Å². The van der Waals surface area contributed by atoms with Crippen molar-refractivity contribution in [3.63, 3.8) is 0 Å². The summed E-state index contributed by atoms with van der Waals surface area (Å²) < 4.78 is 1.97. The lowest BCUT2D eigenvalue weighted by Crippen LogP contribution is -2.52. The quantitative estimate of drug-likeness (QED) is 0.411. The molecule has 1 N–H and O–H groups in total. The Morgan fingerprint density at radius 2 is 2.12 bits per heavy atom. The molecule has 0 radical (unpaired) electrons. The van der Waals surface area contributed by atoms with Gasteiger partial charge in [-0.2, -0.15) is 5.10 Å². The minimum absolute atomic E-state index is 0. The van der Waals surface area contributed by atoms with Crippen LogP contribution in [0, 0.1) is 6.92 Å². The number of piperazine rings is 1. The third kappa shape index (κ3) is 5.96. The summed E-state index contributed by atoms with van der Waals surface area (Å²) in [4.78, 5) is 10.7. The van der Waals surface area contributed by atoms with Crippen molar-refractivity contribution in [2.75, 3.05) is 39.8 Å². The zero-order chi connectivity index (χ0) is 16.8. The molecule has 6 nitrogen and oxygen atoms in total. The van der Waals surface area contributed by atoms with Gasteiger partial charge in [-0.15, -0.1) is 35.3 Å². The summed E-state index contributed by atoms with van der Waals surface area (Å²) in [6.45, 7) is 9.02. The molecule has 1 aliphatic heterocycles. The maximum absolute atomic E-state index is 4.43. The fraction of sp³-hybridized carbons (Fsp3) is 0.529. The molecule has 0 unspecified atom stereocenters. The molecule has 0 saturated carbocycles. The van der Waals surface area contributed by atoms with E-state index in [1.165, 1.54) is 10.4 Å². The Morgan fingerprint density at radius 3 is 2.72 bits per heavy atom. The second-order valence-electron chi connectivity index (χ2n) is 6.10. The largest absolute Gasteiger partial charge is 0.354 e. The van der Waals surface area contributed by atoms with E-state index in [2.05, 4.69) is 55.8 Å². The fourth-order valence-electron chi connectivity index (χ4n) is 2.94. The second-order valence-corrected chi connectivity index (χ2v) is 7.13. The summed E-state index contributed by atoms with van der Waals surface area (Å²) in [6, 6.07) is 4.34.